The van der Waals surface area contributed by atoms with Gasteiger partial charge in [0, 0.05) is 0 Å². The summed E-state index contributed by atoms with van der Waals surface area (Å²) in [6.07, 6.45) is 3.44. The number of carbonyl (C=O) groups is 1. The van der Waals surface area contributed by atoms with Gasteiger partial charge in [-0.25, -0.2) is 4.79 Å². The van der Waals surface area contributed by atoms with Crippen LogP contribution >= 0.6 is 0 Å². The second kappa shape index (κ2) is 5.67. The second-order valence-electron chi connectivity index (χ2n) is 5.27. The lowest BCUT2D eigenvalue weighted by Crippen LogP contribution is -2.52. The van der Waals surface area contributed by atoms with E-state index in [0.717, 1.165) is 18.4 Å². The summed E-state index contributed by atoms with van der Waals surface area (Å²) in [5.41, 5.74) is 1.15. The Hall–Kier alpha value is -1.81. The standard InChI is InChI=1S/C16H19NO3/c1-2-13-8-9-15(14-11-20-16(18)17(13)14)19-10-12-6-4-3-5-7-12/h2-7,13-15H,1,8-11H2/t13-,14-,15+/m1/s1. The Balaban J connectivity index is 1.66. The van der Waals surface area contributed by atoms with Gasteiger partial charge < -0.3 is 9.47 Å². The van der Waals surface area contributed by atoms with Crippen LogP contribution in [0.3, 0.4) is 0 Å². The highest BCUT2D eigenvalue weighted by Gasteiger charge is 2.45. The minimum Gasteiger partial charge on any atom is -0.447 e. The fourth-order valence-corrected chi connectivity index (χ4v) is 2.98. The maximum atomic E-state index is 11.8. The van der Waals surface area contributed by atoms with Gasteiger partial charge in [0.15, 0.2) is 0 Å². The Morgan fingerprint density at radius 3 is 2.90 bits per heavy atom. The maximum absolute atomic E-state index is 11.8. The van der Waals surface area contributed by atoms with Crippen molar-refractivity contribution in [3.8, 4) is 0 Å². The molecule has 2 aliphatic heterocycles. The Labute approximate surface area is 119 Å². The van der Waals surface area contributed by atoms with E-state index in [4.69, 9.17) is 9.47 Å². The molecular weight excluding hydrogens is 254 g/mol. The van der Waals surface area contributed by atoms with Crippen molar-refractivity contribution in [2.24, 2.45) is 0 Å². The zero-order chi connectivity index (χ0) is 13.9. The summed E-state index contributed by atoms with van der Waals surface area (Å²) in [4.78, 5) is 13.6. The van der Waals surface area contributed by atoms with Crippen LogP contribution in [-0.4, -0.2) is 35.8 Å². The molecule has 0 spiro atoms. The first-order valence-electron chi connectivity index (χ1n) is 7.03. The smallest absolute Gasteiger partial charge is 0.410 e. The summed E-state index contributed by atoms with van der Waals surface area (Å²) < 4.78 is 11.2. The summed E-state index contributed by atoms with van der Waals surface area (Å²) in [7, 11) is 0. The van der Waals surface area contributed by atoms with Gasteiger partial charge in [-0.15, -0.1) is 6.58 Å². The molecule has 0 aromatic heterocycles. The molecule has 0 N–H and O–H groups in total. The molecule has 1 aromatic rings. The lowest BCUT2D eigenvalue weighted by atomic mass is 9.94. The predicted molar refractivity (Wildman–Crippen MR) is 75.2 cm³/mol. The molecule has 2 heterocycles. The molecule has 2 fully saturated rings. The van der Waals surface area contributed by atoms with Crippen molar-refractivity contribution in [3.05, 3.63) is 48.6 Å². The molecule has 106 valence electrons. The Morgan fingerprint density at radius 2 is 2.15 bits per heavy atom. The molecule has 20 heavy (non-hydrogen) atoms. The molecule has 4 nitrogen and oxygen atoms in total. The lowest BCUT2D eigenvalue weighted by molar-refractivity contribution is -0.0361. The van der Waals surface area contributed by atoms with Gasteiger partial charge in [-0.3, -0.25) is 4.90 Å². The van der Waals surface area contributed by atoms with E-state index < -0.39 is 0 Å². The number of nitrogens with zero attached hydrogens (tertiary/aromatic N) is 1. The van der Waals surface area contributed by atoms with Gasteiger partial charge in [-0.05, 0) is 18.4 Å². The summed E-state index contributed by atoms with van der Waals surface area (Å²) in [6, 6.07) is 10.2. The van der Waals surface area contributed by atoms with Crippen molar-refractivity contribution in [1.82, 2.24) is 4.90 Å². The molecule has 0 bridgehead atoms. The number of ether oxygens (including phenoxy) is 2. The first-order valence-corrected chi connectivity index (χ1v) is 7.03. The number of cyclic esters (lactones) is 1. The molecule has 0 unspecified atom stereocenters. The second-order valence-corrected chi connectivity index (χ2v) is 5.27. The van der Waals surface area contributed by atoms with Crippen LogP contribution in [0.15, 0.2) is 43.0 Å². The number of amides is 1. The average Bonchev–Trinajstić information content (AvgIpc) is 2.89. The maximum Gasteiger partial charge on any atom is 0.410 e. The fraction of sp³-hybridized carbons (Fsp3) is 0.438. The molecule has 0 saturated carbocycles. The van der Waals surface area contributed by atoms with Crippen LogP contribution in [0.4, 0.5) is 4.79 Å². The number of benzene rings is 1. The predicted octanol–water partition coefficient (Wildman–Crippen LogP) is 2.74. The molecule has 3 atom stereocenters. The quantitative estimate of drug-likeness (QED) is 0.792. The molecule has 2 aliphatic rings. The van der Waals surface area contributed by atoms with Gasteiger partial charge in [0.25, 0.3) is 0 Å². The Morgan fingerprint density at radius 1 is 1.35 bits per heavy atom. The summed E-state index contributed by atoms with van der Waals surface area (Å²) in [5, 5.41) is 0. The number of hydrogen-bond donors (Lipinski definition) is 0. The molecule has 3 rings (SSSR count). The van der Waals surface area contributed by atoms with Gasteiger partial charge in [-0.2, -0.15) is 0 Å². The first-order chi connectivity index (χ1) is 9.79. The highest BCUT2D eigenvalue weighted by Crippen LogP contribution is 2.31. The first kappa shape index (κ1) is 13.2. The third-order valence-corrected chi connectivity index (χ3v) is 4.06. The fourth-order valence-electron chi connectivity index (χ4n) is 2.98. The third kappa shape index (κ3) is 2.43. The van der Waals surface area contributed by atoms with Crippen LogP contribution < -0.4 is 0 Å². The van der Waals surface area contributed by atoms with E-state index >= 15 is 0 Å². The van der Waals surface area contributed by atoms with E-state index in [1.807, 2.05) is 36.4 Å². The van der Waals surface area contributed by atoms with Gasteiger partial charge in [0.1, 0.15) is 6.61 Å². The van der Waals surface area contributed by atoms with Crippen LogP contribution in [0.25, 0.3) is 0 Å². The van der Waals surface area contributed by atoms with Crippen molar-refractivity contribution in [2.45, 2.75) is 37.6 Å². The minimum absolute atomic E-state index is 0.0166. The number of fused-ring (bicyclic) bond motifs is 1. The Bertz CT molecular complexity index is 488. The van der Waals surface area contributed by atoms with Gasteiger partial charge >= 0.3 is 6.09 Å². The number of rotatable bonds is 4. The molecular formula is C16H19NO3. The van der Waals surface area contributed by atoms with E-state index in [2.05, 4.69) is 6.58 Å². The van der Waals surface area contributed by atoms with Crippen molar-refractivity contribution >= 4 is 6.09 Å². The molecule has 1 amide bonds. The van der Waals surface area contributed by atoms with E-state index in [1.54, 1.807) is 4.90 Å². The number of piperidine rings is 1. The highest BCUT2D eigenvalue weighted by molar-refractivity contribution is 5.71. The van der Waals surface area contributed by atoms with E-state index in [0.29, 0.717) is 13.2 Å². The summed E-state index contributed by atoms with van der Waals surface area (Å²) >= 11 is 0. The Kier molecular flexibility index (Phi) is 3.74. The van der Waals surface area contributed by atoms with Crippen LogP contribution in [0, 0.1) is 0 Å². The van der Waals surface area contributed by atoms with Crippen LogP contribution in [0.2, 0.25) is 0 Å². The number of hydrogen-bond acceptors (Lipinski definition) is 3. The van der Waals surface area contributed by atoms with E-state index in [9.17, 15) is 4.79 Å². The van der Waals surface area contributed by atoms with Crippen LogP contribution in [0.5, 0.6) is 0 Å². The van der Waals surface area contributed by atoms with Crippen LogP contribution in [-0.2, 0) is 16.1 Å². The molecule has 0 radical (unpaired) electrons. The monoisotopic (exact) mass is 273 g/mol. The van der Waals surface area contributed by atoms with E-state index in [1.165, 1.54) is 0 Å². The van der Waals surface area contributed by atoms with Gasteiger partial charge in [0.05, 0.1) is 24.8 Å². The topological polar surface area (TPSA) is 38.8 Å². The summed E-state index contributed by atoms with van der Waals surface area (Å²) in [5.74, 6) is 0. The zero-order valence-corrected chi connectivity index (χ0v) is 11.4. The third-order valence-electron chi connectivity index (χ3n) is 4.06. The minimum atomic E-state index is -0.243. The molecule has 2 saturated heterocycles. The van der Waals surface area contributed by atoms with Crippen molar-refractivity contribution in [1.29, 1.82) is 0 Å². The zero-order valence-electron chi connectivity index (χ0n) is 11.4. The largest absolute Gasteiger partial charge is 0.447 e. The lowest BCUT2D eigenvalue weighted by Gasteiger charge is -2.38. The van der Waals surface area contributed by atoms with E-state index in [-0.39, 0.29) is 24.3 Å². The number of carbonyl (C=O) groups excluding carboxylic acids is 1. The molecule has 1 aromatic carbocycles. The molecule has 4 heteroatoms. The van der Waals surface area contributed by atoms with Crippen molar-refractivity contribution < 1.29 is 14.3 Å². The van der Waals surface area contributed by atoms with Crippen LogP contribution in [0.1, 0.15) is 18.4 Å². The molecule has 0 aliphatic carbocycles. The average molecular weight is 273 g/mol. The summed E-state index contributed by atoms with van der Waals surface area (Å²) in [6.45, 7) is 4.80. The SMILES string of the molecule is C=C[C@@H]1CC[C@H](OCc2ccccc2)[C@H]2COC(=O)N12. The van der Waals surface area contributed by atoms with Crippen molar-refractivity contribution in [3.63, 3.8) is 0 Å². The van der Waals surface area contributed by atoms with Gasteiger partial charge in [0.2, 0.25) is 0 Å². The van der Waals surface area contributed by atoms with Gasteiger partial charge in [-0.1, -0.05) is 36.4 Å². The van der Waals surface area contributed by atoms with Crippen molar-refractivity contribution in [2.75, 3.05) is 6.61 Å². The normalized spacial score (nSPS) is 28.9. The highest BCUT2D eigenvalue weighted by atomic mass is 16.6.